The van der Waals surface area contributed by atoms with Crippen LogP contribution in [0.2, 0.25) is 0 Å². The summed E-state index contributed by atoms with van der Waals surface area (Å²) in [5.74, 6) is 0. The van der Waals surface area contributed by atoms with Crippen molar-refractivity contribution in [2.75, 3.05) is 0 Å². The van der Waals surface area contributed by atoms with Crippen molar-refractivity contribution in [3.63, 3.8) is 0 Å². The van der Waals surface area contributed by atoms with E-state index >= 15 is 0 Å². The van der Waals surface area contributed by atoms with Gasteiger partial charge in [0.2, 0.25) is 0 Å². The van der Waals surface area contributed by atoms with Crippen molar-refractivity contribution in [2.24, 2.45) is 0 Å². The van der Waals surface area contributed by atoms with E-state index in [0.717, 1.165) is 0 Å². The Bertz CT molecular complexity index is 42.5. The molecule has 8 heavy (non-hydrogen) atoms. The number of rotatable bonds is 0. The molecule has 0 aliphatic heterocycles. The van der Waals surface area contributed by atoms with Crippen LogP contribution < -0.4 is 0 Å². The van der Waals surface area contributed by atoms with Gasteiger partial charge in [0.1, 0.15) is 0 Å². The second kappa shape index (κ2) is 9.62. The van der Waals surface area contributed by atoms with Crippen LogP contribution in [0, 0.1) is 0 Å². The van der Waals surface area contributed by atoms with Crippen molar-refractivity contribution in [3.8, 4) is 0 Å². The first-order valence-corrected chi connectivity index (χ1v) is 2.68. The van der Waals surface area contributed by atoms with Gasteiger partial charge in [0, 0.05) is 17.4 Å². The standard InChI is InChI=1S/Ca.Cr.Mg.H4O4Si.4H/c;;;1-5(2,3)4;;;;/h;;;1-4H;;;;/q+2;;+2;;4*-1. The normalized spacial score (nSPS) is 7.50. The van der Waals surface area contributed by atoms with Gasteiger partial charge in [-0.3, -0.25) is 0 Å². The number of hydrogen-bond donors (Lipinski definition) is 4. The van der Waals surface area contributed by atoms with Gasteiger partial charge in [0.25, 0.3) is 0 Å². The molecule has 0 unspecified atom stereocenters. The molecule has 0 atom stereocenters. The van der Waals surface area contributed by atoms with Gasteiger partial charge in [-0.1, -0.05) is 0 Å². The van der Waals surface area contributed by atoms with E-state index in [-0.39, 0.29) is 83.9 Å². The molecule has 0 saturated heterocycles. The van der Waals surface area contributed by atoms with Crippen LogP contribution in [0.3, 0.4) is 0 Å². The Labute approximate surface area is 111 Å². The molecule has 0 aromatic heterocycles. The summed E-state index contributed by atoms with van der Waals surface area (Å²) in [6.45, 7) is 0. The molecule has 0 spiro atoms. The Morgan fingerprint density at radius 1 is 1.00 bits per heavy atom. The van der Waals surface area contributed by atoms with E-state index in [1.807, 2.05) is 0 Å². The van der Waals surface area contributed by atoms with Gasteiger partial charge in [-0.2, -0.15) is 0 Å². The smallest absolute Gasteiger partial charge is 1.00 e. The van der Waals surface area contributed by atoms with Crippen molar-refractivity contribution in [1.29, 1.82) is 0 Å². The molecule has 0 radical (unpaired) electrons. The molecule has 0 bridgehead atoms. The van der Waals surface area contributed by atoms with E-state index in [9.17, 15) is 0 Å². The van der Waals surface area contributed by atoms with Crippen LogP contribution in [-0.2, 0) is 17.4 Å². The molecule has 46 valence electrons. The molecule has 0 heterocycles. The van der Waals surface area contributed by atoms with Crippen molar-refractivity contribution in [1.82, 2.24) is 0 Å². The summed E-state index contributed by atoms with van der Waals surface area (Å²) < 4.78 is 0. The van der Waals surface area contributed by atoms with E-state index in [4.69, 9.17) is 19.2 Å². The maximum absolute atomic E-state index is 7.33. The van der Waals surface area contributed by atoms with Crippen LogP contribution in [-0.4, -0.2) is 89.0 Å². The van der Waals surface area contributed by atoms with Crippen LogP contribution in [0.25, 0.3) is 0 Å². The molecule has 0 saturated carbocycles. The zero-order chi connectivity index (χ0) is 4.50. The quantitative estimate of drug-likeness (QED) is 0.327. The second-order valence-corrected chi connectivity index (χ2v) is 1.80. The molecule has 8 heteroatoms. The van der Waals surface area contributed by atoms with Gasteiger partial charge < -0.3 is 24.9 Å². The molecule has 0 rings (SSSR count). The third-order valence-electron chi connectivity index (χ3n) is 0. The Morgan fingerprint density at radius 2 is 1.00 bits per heavy atom. The third-order valence-corrected chi connectivity index (χ3v) is 0. The van der Waals surface area contributed by atoms with Gasteiger partial charge in [-0.05, 0) is 0 Å². The average molecular weight is 217 g/mol. The first-order valence-electron chi connectivity index (χ1n) is 0.894. The van der Waals surface area contributed by atoms with Crippen LogP contribution >= 0.6 is 0 Å². The molecule has 4 N–H and O–H groups in total. The summed E-state index contributed by atoms with van der Waals surface area (Å²) in [4.78, 5) is 29.3. The van der Waals surface area contributed by atoms with Crippen LogP contribution in [0.15, 0.2) is 0 Å². The van der Waals surface area contributed by atoms with E-state index in [2.05, 4.69) is 0 Å². The van der Waals surface area contributed by atoms with Crippen LogP contribution in [0.1, 0.15) is 5.71 Å². The van der Waals surface area contributed by atoms with E-state index in [1.54, 1.807) is 0 Å². The molecular weight excluding hydrogens is 208 g/mol. The third kappa shape index (κ3) is 73.0. The minimum Gasteiger partial charge on any atom is -1.00 e. The van der Waals surface area contributed by atoms with Gasteiger partial charge in [-0.15, -0.1) is 0 Å². The first kappa shape index (κ1) is 22.4. The molecule has 4 nitrogen and oxygen atoms in total. The van der Waals surface area contributed by atoms with E-state index < -0.39 is 9.05 Å². The summed E-state index contributed by atoms with van der Waals surface area (Å²) in [6.07, 6.45) is 0. The van der Waals surface area contributed by atoms with Gasteiger partial charge >= 0.3 is 69.8 Å². The van der Waals surface area contributed by atoms with Crippen LogP contribution in [0.4, 0.5) is 0 Å². The van der Waals surface area contributed by atoms with Crippen molar-refractivity contribution < 1.29 is 42.3 Å². The van der Waals surface area contributed by atoms with E-state index in [0.29, 0.717) is 0 Å². The average Bonchev–Trinajstić information content (AvgIpc) is 0.722. The summed E-state index contributed by atoms with van der Waals surface area (Å²) in [5.41, 5.74) is 0. The molecule has 0 aliphatic rings. The molecule has 0 aliphatic carbocycles. The Morgan fingerprint density at radius 3 is 1.00 bits per heavy atom. The van der Waals surface area contributed by atoms with Crippen molar-refractivity contribution in [3.05, 3.63) is 0 Å². The maximum Gasteiger partial charge on any atom is 2.00 e. The predicted octanol–water partition coefficient (Wildman–Crippen LogP) is -2.92. The molecule has 0 aromatic rings. The monoisotopic (exact) mass is 216 g/mol. The van der Waals surface area contributed by atoms with Crippen LogP contribution in [0.5, 0.6) is 0 Å². The Kier molecular flexibility index (Phi) is 27.0. The number of hydrogen-bond acceptors (Lipinski definition) is 4. The van der Waals surface area contributed by atoms with Gasteiger partial charge in [-0.25, -0.2) is 0 Å². The minimum atomic E-state index is -4.61. The van der Waals surface area contributed by atoms with Crippen molar-refractivity contribution >= 4 is 69.8 Å². The summed E-state index contributed by atoms with van der Waals surface area (Å²) in [6, 6.07) is 0. The summed E-state index contributed by atoms with van der Waals surface area (Å²) >= 11 is 0. The summed E-state index contributed by atoms with van der Waals surface area (Å²) in [7, 11) is -4.61. The fourth-order valence-corrected chi connectivity index (χ4v) is 0. The topological polar surface area (TPSA) is 80.9 Å². The van der Waals surface area contributed by atoms with Crippen molar-refractivity contribution in [2.45, 2.75) is 0 Å². The second-order valence-electron chi connectivity index (χ2n) is 0.600. The molecular formula is H8CaCrMgO4Si. The Balaban J connectivity index is -0.00000000381. The zero-order valence-corrected chi connectivity index (χ0v) is 10.0. The molecule has 0 amide bonds. The maximum atomic E-state index is 7.33. The largest absolute Gasteiger partial charge is 2.00 e. The van der Waals surface area contributed by atoms with Gasteiger partial charge in [0.05, 0.1) is 0 Å². The fourth-order valence-electron chi connectivity index (χ4n) is 0. The van der Waals surface area contributed by atoms with E-state index in [1.165, 1.54) is 0 Å². The molecule has 0 aromatic carbocycles. The minimum absolute atomic E-state index is 0. The fraction of sp³-hybridized carbons (Fsp3) is 0. The zero-order valence-electron chi connectivity index (χ0n) is 8.11. The Hall–Kier alpha value is 2.62. The van der Waals surface area contributed by atoms with Gasteiger partial charge in [0.15, 0.2) is 0 Å². The predicted molar refractivity (Wildman–Crippen MR) is 30.6 cm³/mol. The molecule has 0 fully saturated rings. The SMILES string of the molecule is O[Si](O)(O)O.[Ca+2].[Cr].[H-].[H-].[H-].[H-].[Mg+2]. The summed E-state index contributed by atoms with van der Waals surface area (Å²) in [5, 5.41) is 0. The first-order chi connectivity index (χ1) is 2.00.